The van der Waals surface area contributed by atoms with E-state index in [1.807, 2.05) is 24.5 Å². The molecule has 0 saturated heterocycles. The Balaban J connectivity index is 1.96. The zero-order valence-electron chi connectivity index (χ0n) is 10.2. The van der Waals surface area contributed by atoms with Crippen LogP contribution in [0.2, 0.25) is 0 Å². The van der Waals surface area contributed by atoms with Crippen molar-refractivity contribution >= 4 is 23.4 Å². The number of carbonyl (C=O) groups is 1. The average molecular weight is 249 g/mol. The highest BCUT2D eigenvalue weighted by atomic mass is 32.2. The van der Waals surface area contributed by atoms with Crippen LogP contribution in [-0.4, -0.2) is 12.2 Å². The fourth-order valence-electron chi connectivity index (χ4n) is 2.31. The summed E-state index contributed by atoms with van der Waals surface area (Å²) in [5, 5.41) is 3.03. The minimum absolute atomic E-state index is 0.197. The van der Waals surface area contributed by atoms with E-state index >= 15 is 0 Å². The monoisotopic (exact) mass is 249 g/mol. The van der Waals surface area contributed by atoms with Crippen LogP contribution in [0.4, 0.5) is 5.69 Å². The van der Waals surface area contributed by atoms with E-state index in [2.05, 4.69) is 11.4 Å². The maximum absolute atomic E-state index is 12.0. The van der Waals surface area contributed by atoms with E-state index in [4.69, 9.17) is 0 Å². The number of hydrogen-bond donors (Lipinski definition) is 1. The molecular formula is C14H19NOS. The van der Waals surface area contributed by atoms with Gasteiger partial charge in [0.2, 0.25) is 5.91 Å². The molecule has 3 heteroatoms. The van der Waals surface area contributed by atoms with E-state index in [1.165, 1.54) is 24.2 Å². The third-order valence-electron chi connectivity index (χ3n) is 3.31. The summed E-state index contributed by atoms with van der Waals surface area (Å²) in [4.78, 5) is 13.2. The number of carbonyl (C=O) groups excluding carboxylic acids is 1. The molecule has 0 bridgehead atoms. The van der Waals surface area contributed by atoms with Gasteiger partial charge in [0.15, 0.2) is 0 Å². The maximum Gasteiger partial charge on any atom is 0.227 e. The second-order valence-electron chi connectivity index (χ2n) is 4.56. The van der Waals surface area contributed by atoms with Crippen molar-refractivity contribution < 1.29 is 4.79 Å². The lowest BCUT2D eigenvalue weighted by molar-refractivity contribution is -0.120. The van der Waals surface area contributed by atoms with Gasteiger partial charge >= 0.3 is 0 Å². The van der Waals surface area contributed by atoms with Crippen LogP contribution >= 0.6 is 11.8 Å². The highest BCUT2D eigenvalue weighted by molar-refractivity contribution is 7.98. The van der Waals surface area contributed by atoms with Gasteiger partial charge in [0.05, 0.1) is 0 Å². The van der Waals surface area contributed by atoms with Gasteiger partial charge in [0.1, 0.15) is 0 Å². The van der Waals surface area contributed by atoms with E-state index < -0.39 is 0 Å². The highest BCUT2D eigenvalue weighted by Crippen LogP contribution is 2.25. The molecule has 1 saturated carbocycles. The van der Waals surface area contributed by atoms with Gasteiger partial charge in [0, 0.05) is 16.5 Å². The third-order valence-corrected chi connectivity index (χ3v) is 4.04. The summed E-state index contributed by atoms with van der Waals surface area (Å²) >= 11 is 1.69. The molecular weight excluding hydrogens is 230 g/mol. The number of amides is 1. The van der Waals surface area contributed by atoms with Crippen molar-refractivity contribution in [3.05, 3.63) is 24.3 Å². The van der Waals surface area contributed by atoms with Gasteiger partial charge < -0.3 is 5.32 Å². The summed E-state index contributed by atoms with van der Waals surface area (Å²) in [6.07, 6.45) is 7.82. The van der Waals surface area contributed by atoms with E-state index in [1.54, 1.807) is 11.8 Å². The van der Waals surface area contributed by atoms with Gasteiger partial charge in [0.25, 0.3) is 0 Å². The number of benzene rings is 1. The van der Waals surface area contributed by atoms with Crippen molar-refractivity contribution in [2.75, 3.05) is 11.6 Å². The Morgan fingerprint density at radius 2 is 2.06 bits per heavy atom. The lowest BCUT2D eigenvalue weighted by atomic mass is 9.88. The molecule has 1 fully saturated rings. The summed E-state index contributed by atoms with van der Waals surface area (Å²) in [5.41, 5.74) is 0.924. The predicted octanol–water partition coefficient (Wildman–Crippen LogP) is 3.93. The normalized spacial score (nSPS) is 16.8. The fourth-order valence-corrected chi connectivity index (χ4v) is 2.77. The molecule has 17 heavy (non-hydrogen) atoms. The second-order valence-corrected chi connectivity index (χ2v) is 5.44. The van der Waals surface area contributed by atoms with Crippen LogP contribution < -0.4 is 5.32 Å². The zero-order valence-corrected chi connectivity index (χ0v) is 11.1. The van der Waals surface area contributed by atoms with Crippen LogP contribution in [0.15, 0.2) is 29.2 Å². The Hall–Kier alpha value is -0.960. The molecule has 0 aromatic heterocycles. The van der Waals surface area contributed by atoms with E-state index in [9.17, 15) is 4.79 Å². The molecule has 2 nitrogen and oxygen atoms in total. The maximum atomic E-state index is 12.0. The minimum atomic E-state index is 0.197. The molecule has 0 unspecified atom stereocenters. The first-order chi connectivity index (χ1) is 8.29. The molecule has 0 heterocycles. The van der Waals surface area contributed by atoms with Crippen molar-refractivity contribution in [3.8, 4) is 0 Å². The molecule has 1 N–H and O–H groups in total. The third kappa shape index (κ3) is 3.50. The Labute approximate surface area is 107 Å². The molecule has 1 aliphatic carbocycles. The van der Waals surface area contributed by atoms with E-state index in [0.717, 1.165) is 18.5 Å². The van der Waals surface area contributed by atoms with E-state index in [-0.39, 0.29) is 11.8 Å². The predicted molar refractivity (Wildman–Crippen MR) is 73.4 cm³/mol. The van der Waals surface area contributed by atoms with Gasteiger partial charge in [-0.2, -0.15) is 0 Å². The zero-order chi connectivity index (χ0) is 12.1. The summed E-state index contributed by atoms with van der Waals surface area (Å²) in [7, 11) is 0. The Morgan fingerprint density at radius 3 is 2.76 bits per heavy atom. The summed E-state index contributed by atoms with van der Waals surface area (Å²) in [6, 6.07) is 8.04. The molecule has 0 atom stereocenters. The largest absolute Gasteiger partial charge is 0.326 e. The van der Waals surface area contributed by atoms with Gasteiger partial charge in [-0.15, -0.1) is 11.8 Å². The van der Waals surface area contributed by atoms with Crippen LogP contribution in [0.5, 0.6) is 0 Å². The summed E-state index contributed by atoms with van der Waals surface area (Å²) in [6.45, 7) is 0. The number of rotatable bonds is 3. The summed E-state index contributed by atoms with van der Waals surface area (Å²) in [5.74, 6) is 0.421. The second kappa shape index (κ2) is 6.10. The molecule has 0 aliphatic heterocycles. The molecule has 0 spiro atoms. The Morgan fingerprint density at radius 1 is 1.29 bits per heavy atom. The van der Waals surface area contributed by atoms with Gasteiger partial charge in [-0.25, -0.2) is 0 Å². The van der Waals surface area contributed by atoms with Crippen LogP contribution in [0, 0.1) is 5.92 Å². The standard InChI is InChI=1S/C14H19NOS/c1-17-13-9-5-8-12(10-13)15-14(16)11-6-3-2-4-7-11/h5,8-11H,2-4,6-7H2,1H3,(H,15,16). The van der Waals surface area contributed by atoms with Crippen molar-refractivity contribution in [3.63, 3.8) is 0 Å². The average Bonchev–Trinajstić information content (AvgIpc) is 2.40. The molecule has 2 rings (SSSR count). The molecule has 0 radical (unpaired) electrons. The Bertz CT molecular complexity index is 386. The number of hydrogen-bond acceptors (Lipinski definition) is 2. The van der Waals surface area contributed by atoms with Crippen molar-refractivity contribution in [2.24, 2.45) is 5.92 Å². The van der Waals surface area contributed by atoms with Crippen molar-refractivity contribution in [2.45, 2.75) is 37.0 Å². The molecule has 1 aliphatic rings. The highest BCUT2D eigenvalue weighted by Gasteiger charge is 2.20. The first kappa shape index (κ1) is 12.5. The smallest absolute Gasteiger partial charge is 0.227 e. The number of thioether (sulfide) groups is 1. The van der Waals surface area contributed by atoms with Crippen LogP contribution in [0.3, 0.4) is 0 Å². The fraction of sp³-hybridized carbons (Fsp3) is 0.500. The van der Waals surface area contributed by atoms with Gasteiger partial charge in [-0.1, -0.05) is 25.3 Å². The topological polar surface area (TPSA) is 29.1 Å². The number of anilines is 1. The van der Waals surface area contributed by atoms with Crippen molar-refractivity contribution in [1.82, 2.24) is 0 Å². The molecule has 1 aromatic carbocycles. The lowest BCUT2D eigenvalue weighted by Crippen LogP contribution is -2.24. The molecule has 1 amide bonds. The van der Waals surface area contributed by atoms with Gasteiger partial charge in [-0.3, -0.25) is 4.79 Å². The SMILES string of the molecule is CSc1cccc(NC(=O)C2CCCCC2)c1. The van der Waals surface area contributed by atoms with Crippen molar-refractivity contribution in [1.29, 1.82) is 0 Å². The summed E-state index contributed by atoms with van der Waals surface area (Å²) < 4.78 is 0. The minimum Gasteiger partial charge on any atom is -0.326 e. The quantitative estimate of drug-likeness (QED) is 0.822. The number of nitrogens with one attached hydrogen (secondary N) is 1. The van der Waals surface area contributed by atoms with Crippen LogP contribution in [0.1, 0.15) is 32.1 Å². The first-order valence-electron chi connectivity index (χ1n) is 6.24. The van der Waals surface area contributed by atoms with E-state index in [0.29, 0.717) is 0 Å². The van der Waals surface area contributed by atoms with Crippen LogP contribution in [-0.2, 0) is 4.79 Å². The van der Waals surface area contributed by atoms with Gasteiger partial charge in [-0.05, 0) is 37.3 Å². The first-order valence-corrected chi connectivity index (χ1v) is 7.47. The lowest BCUT2D eigenvalue weighted by Gasteiger charge is -2.20. The molecule has 92 valence electrons. The molecule has 1 aromatic rings. The Kier molecular flexibility index (Phi) is 4.49. The van der Waals surface area contributed by atoms with Crippen LogP contribution in [0.25, 0.3) is 0 Å².